The molecule has 0 aliphatic rings. The number of halogens is 1. The summed E-state index contributed by atoms with van der Waals surface area (Å²) in [4.78, 5) is 10.7. The zero-order valence-electron chi connectivity index (χ0n) is 11.0. The maximum atomic E-state index is 10.7. The van der Waals surface area contributed by atoms with Gasteiger partial charge in [-0.1, -0.05) is 12.1 Å². The number of nitrogens with two attached hydrogens (primary N) is 1. The number of carbonyl (C=O) groups excluding carboxylic acids is 1. The van der Waals surface area contributed by atoms with Crippen molar-refractivity contribution in [3.05, 3.63) is 50.6 Å². The van der Waals surface area contributed by atoms with Crippen molar-refractivity contribution in [1.29, 1.82) is 0 Å². The van der Waals surface area contributed by atoms with Crippen LogP contribution < -0.4 is 16.4 Å². The van der Waals surface area contributed by atoms with Crippen LogP contribution in [0.2, 0.25) is 0 Å². The zero-order valence-corrected chi connectivity index (χ0v) is 13.4. The lowest BCUT2D eigenvalue weighted by Crippen LogP contribution is -2.20. The highest BCUT2D eigenvalue weighted by atomic mass is 79.9. The number of urea groups is 1. The average Bonchev–Trinajstić information content (AvgIpc) is 2.82. The Morgan fingerprint density at radius 1 is 1.40 bits per heavy atom. The molecule has 1 atom stereocenters. The van der Waals surface area contributed by atoms with Crippen LogP contribution in [0.4, 0.5) is 10.5 Å². The van der Waals surface area contributed by atoms with Crippen LogP contribution in [0.1, 0.15) is 24.1 Å². The van der Waals surface area contributed by atoms with E-state index in [2.05, 4.69) is 44.9 Å². The van der Waals surface area contributed by atoms with Gasteiger partial charge in [0.15, 0.2) is 0 Å². The van der Waals surface area contributed by atoms with Crippen LogP contribution in [0, 0.1) is 0 Å². The highest BCUT2D eigenvalue weighted by Crippen LogP contribution is 2.22. The molecule has 1 aromatic carbocycles. The summed E-state index contributed by atoms with van der Waals surface area (Å²) < 4.78 is 1.14. The second kappa shape index (κ2) is 6.88. The molecule has 2 amide bonds. The lowest BCUT2D eigenvalue weighted by Gasteiger charge is -2.14. The van der Waals surface area contributed by atoms with Crippen molar-refractivity contribution in [3.63, 3.8) is 0 Å². The largest absolute Gasteiger partial charge is 0.351 e. The van der Waals surface area contributed by atoms with Gasteiger partial charge in [-0.15, -0.1) is 11.3 Å². The topological polar surface area (TPSA) is 67.2 Å². The Morgan fingerprint density at radius 3 is 2.65 bits per heavy atom. The number of primary amides is 1. The SMILES string of the molecule is CC(NCc1csc(Br)c1)c1ccc(NC(N)=O)cc1. The van der Waals surface area contributed by atoms with Crippen LogP contribution in [0.5, 0.6) is 0 Å². The normalized spacial score (nSPS) is 12.1. The van der Waals surface area contributed by atoms with E-state index in [1.165, 1.54) is 5.56 Å². The van der Waals surface area contributed by atoms with E-state index in [1.54, 1.807) is 11.3 Å². The van der Waals surface area contributed by atoms with Gasteiger partial charge in [0.25, 0.3) is 0 Å². The van der Waals surface area contributed by atoms with Crippen LogP contribution in [-0.4, -0.2) is 6.03 Å². The van der Waals surface area contributed by atoms with Gasteiger partial charge in [-0.05, 0) is 57.6 Å². The van der Waals surface area contributed by atoms with Gasteiger partial charge in [0, 0.05) is 18.3 Å². The summed E-state index contributed by atoms with van der Waals surface area (Å²) in [6.45, 7) is 2.93. The zero-order chi connectivity index (χ0) is 14.5. The highest BCUT2D eigenvalue weighted by Gasteiger charge is 2.06. The molecular formula is C14H16BrN3OS. The summed E-state index contributed by atoms with van der Waals surface area (Å²) in [7, 11) is 0. The maximum Gasteiger partial charge on any atom is 0.316 e. The second-order valence-electron chi connectivity index (χ2n) is 4.47. The second-order valence-corrected chi connectivity index (χ2v) is 6.76. The highest BCUT2D eigenvalue weighted by molar-refractivity contribution is 9.11. The number of amides is 2. The van der Waals surface area contributed by atoms with E-state index in [4.69, 9.17) is 5.73 Å². The summed E-state index contributed by atoms with van der Waals surface area (Å²) in [5, 5.41) is 8.14. The molecule has 0 saturated carbocycles. The Kier molecular flexibility index (Phi) is 5.17. The molecule has 0 saturated heterocycles. The van der Waals surface area contributed by atoms with E-state index in [0.29, 0.717) is 5.69 Å². The molecule has 6 heteroatoms. The summed E-state index contributed by atoms with van der Waals surface area (Å²) in [6.07, 6.45) is 0. The third-order valence-electron chi connectivity index (χ3n) is 2.91. The molecule has 0 radical (unpaired) electrons. The molecule has 4 N–H and O–H groups in total. The first kappa shape index (κ1) is 15.0. The van der Waals surface area contributed by atoms with Crippen molar-refractivity contribution in [2.75, 3.05) is 5.32 Å². The Morgan fingerprint density at radius 2 is 2.10 bits per heavy atom. The maximum absolute atomic E-state index is 10.7. The number of rotatable bonds is 5. The van der Waals surface area contributed by atoms with Gasteiger partial charge in [-0.2, -0.15) is 0 Å². The standard InChI is InChI=1S/C14H16BrN3OS/c1-9(17-7-10-6-13(15)20-8-10)11-2-4-12(5-3-11)18-14(16)19/h2-6,8-9,17H,7H2,1H3,(H3,16,18,19). The number of hydrogen-bond donors (Lipinski definition) is 3. The van der Waals surface area contributed by atoms with E-state index in [1.807, 2.05) is 24.3 Å². The fourth-order valence-corrected chi connectivity index (χ4v) is 3.03. The Bertz CT molecular complexity index is 582. The Balaban J connectivity index is 1.91. The van der Waals surface area contributed by atoms with Crippen molar-refractivity contribution < 1.29 is 4.79 Å². The molecule has 0 bridgehead atoms. The van der Waals surface area contributed by atoms with Gasteiger partial charge in [0.1, 0.15) is 0 Å². The fourth-order valence-electron chi connectivity index (χ4n) is 1.82. The molecular weight excluding hydrogens is 338 g/mol. The quantitative estimate of drug-likeness (QED) is 0.763. The molecule has 0 aliphatic carbocycles. The number of benzene rings is 1. The van der Waals surface area contributed by atoms with Crippen LogP contribution in [0.3, 0.4) is 0 Å². The number of hydrogen-bond acceptors (Lipinski definition) is 3. The Labute approximate surface area is 130 Å². The van der Waals surface area contributed by atoms with E-state index < -0.39 is 6.03 Å². The predicted octanol–water partition coefficient (Wildman–Crippen LogP) is 3.85. The van der Waals surface area contributed by atoms with Gasteiger partial charge in [-0.3, -0.25) is 0 Å². The van der Waals surface area contributed by atoms with Crippen molar-refractivity contribution in [1.82, 2.24) is 5.32 Å². The van der Waals surface area contributed by atoms with E-state index in [-0.39, 0.29) is 6.04 Å². The van der Waals surface area contributed by atoms with Gasteiger partial charge in [0.05, 0.1) is 3.79 Å². The van der Waals surface area contributed by atoms with Gasteiger partial charge in [-0.25, -0.2) is 4.79 Å². The molecule has 0 fully saturated rings. The van der Waals surface area contributed by atoms with Crippen molar-refractivity contribution in [2.24, 2.45) is 5.73 Å². The summed E-state index contributed by atoms with van der Waals surface area (Å²) >= 11 is 5.14. The number of anilines is 1. The first-order chi connectivity index (χ1) is 9.54. The first-order valence-electron chi connectivity index (χ1n) is 6.17. The Hall–Kier alpha value is -1.37. The fraction of sp³-hybridized carbons (Fsp3) is 0.214. The van der Waals surface area contributed by atoms with Crippen molar-refractivity contribution in [3.8, 4) is 0 Å². The molecule has 2 rings (SSSR count). The molecule has 1 heterocycles. The van der Waals surface area contributed by atoms with Crippen molar-refractivity contribution >= 4 is 39.0 Å². The number of thiophene rings is 1. The van der Waals surface area contributed by atoms with Gasteiger partial charge in [0.2, 0.25) is 0 Å². The first-order valence-corrected chi connectivity index (χ1v) is 7.84. The molecule has 0 aliphatic heterocycles. The molecule has 4 nitrogen and oxygen atoms in total. The number of carbonyl (C=O) groups is 1. The minimum absolute atomic E-state index is 0.233. The molecule has 2 aromatic rings. The predicted molar refractivity (Wildman–Crippen MR) is 86.9 cm³/mol. The van der Waals surface area contributed by atoms with Crippen LogP contribution in [0.25, 0.3) is 0 Å². The van der Waals surface area contributed by atoms with Gasteiger partial charge >= 0.3 is 6.03 Å². The van der Waals surface area contributed by atoms with E-state index in [0.717, 1.165) is 15.9 Å². The van der Waals surface area contributed by atoms with Crippen LogP contribution in [-0.2, 0) is 6.54 Å². The third kappa shape index (κ3) is 4.33. The molecule has 1 aromatic heterocycles. The summed E-state index contributed by atoms with van der Waals surface area (Å²) in [6, 6.07) is 9.45. The van der Waals surface area contributed by atoms with Crippen LogP contribution in [0.15, 0.2) is 39.5 Å². The van der Waals surface area contributed by atoms with Gasteiger partial charge < -0.3 is 16.4 Å². The minimum atomic E-state index is -0.549. The molecule has 0 spiro atoms. The summed E-state index contributed by atoms with van der Waals surface area (Å²) in [5.41, 5.74) is 8.20. The monoisotopic (exact) mass is 353 g/mol. The van der Waals surface area contributed by atoms with Crippen LogP contribution >= 0.6 is 27.3 Å². The third-order valence-corrected chi connectivity index (χ3v) is 4.47. The lowest BCUT2D eigenvalue weighted by molar-refractivity contribution is 0.259. The molecule has 1 unspecified atom stereocenters. The van der Waals surface area contributed by atoms with Crippen molar-refractivity contribution in [2.45, 2.75) is 19.5 Å². The molecule has 106 valence electrons. The minimum Gasteiger partial charge on any atom is -0.351 e. The summed E-state index contributed by atoms with van der Waals surface area (Å²) in [5.74, 6) is 0. The average molecular weight is 354 g/mol. The van der Waals surface area contributed by atoms with E-state index >= 15 is 0 Å². The van der Waals surface area contributed by atoms with E-state index in [9.17, 15) is 4.79 Å². The number of nitrogens with one attached hydrogen (secondary N) is 2. The molecule has 20 heavy (non-hydrogen) atoms. The smallest absolute Gasteiger partial charge is 0.316 e. The lowest BCUT2D eigenvalue weighted by atomic mass is 10.1.